The lowest BCUT2D eigenvalue weighted by atomic mass is 10.1. The molecule has 0 aliphatic carbocycles. The van der Waals surface area contributed by atoms with Crippen LogP contribution in [0.1, 0.15) is 32.0 Å². The van der Waals surface area contributed by atoms with Gasteiger partial charge in [-0.1, -0.05) is 35.6 Å². The number of pyridine rings is 1. The Morgan fingerprint density at radius 1 is 1.13 bits per heavy atom. The van der Waals surface area contributed by atoms with Gasteiger partial charge in [0.05, 0.1) is 33.9 Å². The summed E-state index contributed by atoms with van der Waals surface area (Å²) in [6, 6.07) is 14.0. The van der Waals surface area contributed by atoms with E-state index < -0.39 is 0 Å². The summed E-state index contributed by atoms with van der Waals surface area (Å²) in [5, 5.41) is 10.9. The Bertz CT molecular complexity index is 1890. The number of amides is 1. The van der Waals surface area contributed by atoms with Gasteiger partial charge < -0.3 is 15.8 Å². The summed E-state index contributed by atoms with van der Waals surface area (Å²) < 4.78 is 8.83. The average molecular weight is 539 g/mol. The first kappa shape index (κ1) is 24.7. The number of rotatable bonds is 6. The third-order valence-electron chi connectivity index (χ3n) is 6.25. The SMILES string of the molecule is CC(=O)Nc1nc2ccc(-c3nn(Cc4cc5cccc(C)c5c(OC(C)C)n4)c4ncnc(N)c34)cc2s1. The number of thiazole rings is 1. The molecule has 10 nitrogen and oxygen atoms in total. The van der Waals surface area contributed by atoms with Crippen molar-refractivity contribution in [2.45, 2.75) is 40.3 Å². The molecule has 0 atom stereocenters. The van der Waals surface area contributed by atoms with Crippen molar-refractivity contribution < 1.29 is 9.53 Å². The van der Waals surface area contributed by atoms with Gasteiger partial charge in [-0.15, -0.1) is 0 Å². The van der Waals surface area contributed by atoms with Gasteiger partial charge in [-0.2, -0.15) is 5.10 Å². The second kappa shape index (κ2) is 9.59. The minimum atomic E-state index is -0.164. The highest BCUT2D eigenvalue weighted by molar-refractivity contribution is 7.22. The molecule has 0 unspecified atom stereocenters. The van der Waals surface area contributed by atoms with Crippen LogP contribution in [0.25, 0.3) is 43.3 Å². The van der Waals surface area contributed by atoms with Crippen molar-refractivity contribution in [3.63, 3.8) is 0 Å². The summed E-state index contributed by atoms with van der Waals surface area (Å²) in [5.74, 6) is 0.783. The Labute approximate surface area is 227 Å². The smallest absolute Gasteiger partial charge is 0.223 e. The number of carbonyl (C=O) groups is 1. The number of benzene rings is 2. The van der Waals surface area contributed by atoms with Crippen molar-refractivity contribution in [1.29, 1.82) is 0 Å². The van der Waals surface area contributed by atoms with Crippen molar-refractivity contribution in [2.24, 2.45) is 0 Å². The fourth-order valence-electron chi connectivity index (χ4n) is 4.66. The Morgan fingerprint density at radius 2 is 1.97 bits per heavy atom. The van der Waals surface area contributed by atoms with E-state index in [-0.39, 0.29) is 12.0 Å². The molecule has 6 aromatic rings. The first-order valence-corrected chi connectivity index (χ1v) is 13.3. The quantitative estimate of drug-likeness (QED) is 0.290. The summed E-state index contributed by atoms with van der Waals surface area (Å²) in [5.41, 5.74) is 11.1. The molecule has 39 heavy (non-hydrogen) atoms. The molecule has 3 N–H and O–H groups in total. The van der Waals surface area contributed by atoms with E-state index in [1.54, 1.807) is 4.68 Å². The molecule has 0 fully saturated rings. The molecule has 0 spiro atoms. The number of ether oxygens (including phenoxy) is 1. The zero-order chi connectivity index (χ0) is 27.3. The van der Waals surface area contributed by atoms with E-state index in [1.165, 1.54) is 24.6 Å². The van der Waals surface area contributed by atoms with Crippen LogP contribution in [0, 0.1) is 6.92 Å². The van der Waals surface area contributed by atoms with E-state index in [0.29, 0.717) is 40.1 Å². The van der Waals surface area contributed by atoms with Gasteiger partial charge in [0.25, 0.3) is 0 Å². The molecule has 6 rings (SSSR count). The Hall–Kier alpha value is -4.64. The van der Waals surface area contributed by atoms with E-state index in [9.17, 15) is 4.79 Å². The number of nitrogen functional groups attached to an aromatic ring is 1. The maximum absolute atomic E-state index is 11.5. The Kier molecular flexibility index (Phi) is 6.07. The molecule has 196 valence electrons. The topological polar surface area (TPSA) is 134 Å². The molecule has 2 aromatic carbocycles. The number of nitrogens with zero attached hydrogens (tertiary/aromatic N) is 6. The van der Waals surface area contributed by atoms with Crippen LogP contribution in [-0.4, -0.2) is 41.7 Å². The van der Waals surface area contributed by atoms with Crippen molar-refractivity contribution in [1.82, 2.24) is 29.7 Å². The molecular formula is C28H26N8O2S. The van der Waals surface area contributed by atoms with Crippen LogP contribution in [0.2, 0.25) is 0 Å². The van der Waals surface area contributed by atoms with Crippen molar-refractivity contribution >= 4 is 60.2 Å². The first-order chi connectivity index (χ1) is 18.8. The number of hydrogen-bond donors (Lipinski definition) is 2. The first-order valence-electron chi connectivity index (χ1n) is 12.5. The highest BCUT2D eigenvalue weighted by atomic mass is 32.1. The highest BCUT2D eigenvalue weighted by Crippen LogP contribution is 2.35. The molecule has 1 amide bonds. The Balaban J connectivity index is 1.46. The molecule has 0 aliphatic heterocycles. The third kappa shape index (κ3) is 4.61. The van der Waals surface area contributed by atoms with E-state index >= 15 is 0 Å². The minimum Gasteiger partial charge on any atom is -0.474 e. The summed E-state index contributed by atoms with van der Waals surface area (Å²) in [6.07, 6.45) is 1.42. The van der Waals surface area contributed by atoms with Crippen molar-refractivity contribution in [3.05, 3.63) is 60.0 Å². The molecule has 0 bridgehead atoms. The highest BCUT2D eigenvalue weighted by Gasteiger charge is 2.20. The van der Waals surface area contributed by atoms with E-state index in [1.807, 2.05) is 38.1 Å². The number of nitrogens with one attached hydrogen (secondary N) is 1. The van der Waals surface area contributed by atoms with Crippen LogP contribution in [0.5, 0.6) is 5.88 Å². The zero-order valence-corrected chi connectivity index (χ0v) is 22.7. The number of hydrogen-bond acceptors (Lipinski definition) is 9. The lowest BCUT2D eigenvalue weighted by Crippen LogP contribution is -2.10. The standard InChI is InChI=1S/C28H26N8O2S/c1-14(2)38-27-22-15(3)6-5-7-17(22)10-19(33-27)12-36-26-23(25(29)30-13-31-26)24(35-36)18-8-9-20-21(11-18)39-28(34-20)32-16(4)37/h5-11,13-14H,12H2,1-4H3,(H2,29,30,31)(H,32,34,37). The third-order valence-corrected chi connectivity index (χ3v) is 7.18. The second-order valence-corrected chi connectivity index (χ2v) is 10.6. The van der Waals surface area contributed by atoms with Gasteiger partial charge in [0.1, 0.15) is 17.8 Å². The van der Waals surface area contributed by atoms with Crippen molar-refractivity contribution in [3.8, 4) is 17.1 Å². The van der Waals surface area contributed by atoms with Gasteiger partial charge in [-0.3, -0.25) is 4.79 Å². The van der Waals surface area contributed by atoms with Gasteiger partial charge in [0.15, 0.2) is 10.8 Å². The van der Waals surface area contributed by atoms with Crippen LogP contribution in [0.15, 0.2) is 48.8 Å². The fourth-order valence-corrected chi connectivity index (χ4v) is 5.61. The molecule has 0 saturated carbocycles. The summed E-state index contributed by atoms with van der Waals surface area (Å²) in [6.45, 7) is 7.86. The van der Waals surface area contributed by atoms with Crippen LogP contribution in [0.4, 0.5) is 10.9 Å². The monoisotopic (exact) mass is 538 g/mol. The maximum Gasteiger partial charge on any atom is 0.223 e. The van der Waals surface area contributed by atoms with E-state index in [0.717, 1.165) is 37.8 Å². The number of fused-ring (bicyclic) bond motifs is 3. The summed E-state index contributed by atoms with van der Waals surface area (Å²) in [7, 11) is 0. The van der Waals surface area contributed by atoms with Gasteiger partial charge in [-0.25, -0.2) is 24.6 Å². The largest absolute Gasteiger partial charge is 0.474 e. The zero-order valence-electron chi connectivity index (χ0n) is 21.9. The van der Waals surface area contributed by atoms with Crippen molar-refractivity contribution in [2.75, 3.05) is 11.1 Å². The van der Waals surface area contributed by atoms with Crippen LogP contribution in [-0.2, 0) is 11.3 Å². The van der Waals surface area contributed by atoms with Gasteiger partial charge in [0, 0.05) is 17.9 Å². The molecule has 4 heterocycles. The molecule has 4 aromatic heterocycles. The fraction of sp³-hybridized carbons (Fsp3) is 0.214. The maximum atomic E-state index is 11.5. The van der Waals surface area contributed by atoms with Gasteiger partial charge in [0.2, 0.25) is 11.8 Å². The van der Waals surface area contributed by atoms with Gasteiger partial charge in [-0.05, 0) is 49.9 Å². The molecule has 0 radical (unpaired) electrons. The van der Waals surface area contributed by atoms with Crippen LogP contribution in [0.3, 0.4) is 0 Å². The van der Waals surface area contributed by atoms with Crippen LogP contribution < -0.4 is 15.8 Å². The normalized spacial score (nSPS) is 11.6. The second-order valence-electron chi connectivity index (χ2n) is 9.60. The average Bonchev–Trinajstić information content (AvgIpc) is 3.44. The van der Waals surface area contributed by atoms with E-state index in [2.05, 4.69) is 45.4 Å². The van der Waals surface area contributed by atoms with E-state index in [4.69, 9.17) is 20.6 Å². The number of carbonyl (C=O) groups excluding carboxylic acids is 1. The molecular weight excluding hydrogens is 512 g/mol. The summed E-state index contributed by atoms with van der Waals surface area (Å²) in [4.78, 5) is 29.6. The molecule has 11 heteroatoms. The lowest BCUT2D eigenvalue weighted by Gasteiger charge is -2.15. The van der Waals surface area contributed by atoms with Crippen LogP contribution >= 0.6 is 11.3 Å². The number of aryl methyl sites for hydroxylation is 1. The number of anilines is 2. The number of aromatic nitrogens is 6. The molecule has 0 aliphatic rings. The predicted molar refractivity (Wildman–Crippen MR) is 154 cm³/mol. The number of nitrogens with two attached hydrogens (primary N) is 1. The minimum absolute atomic E-state index is 0.0203. The summed E-state index contributed by atoms with van der Waals surface area (Å²) >= 11 is 1.40. The lowest BCUT2D eigenvalue weighted by molar-refractivity contribution is -0.114. The predicted octanol–water partition coefficient (Wildman–Crippen LogP) is 5.34. The Morgan fingerprint density at radius 3 is 2.77 bits per heavy atom. The molecule has 0 saturated heterocycles. The van der Waals surface area contributed by atoms with Gasteiger partial charge >= 0.3 is 0 Å².